The van der Waals surface area contributed by atoms with Crippen LogP contribution in [0.4, 0.5) is 0 Å². The van der Waals surface area contributed by atoms with Gasteiger partial charge in [-0.3, -0.25) is 0 Å². The van der Waals surface area contributed by atoms with E-state index < -0.39 is 0 Å². The van der Waals surface area contributed by atoms with Gasteiger partial charge < -0.3 is 0 Å². The minimum absolute atomic E-state index is 0.634. The highest BCUT2D eigenvalue weighted by Crippen LogP contribution is 2.16. The number of hydrogen-bond donors (Lipinski definition) is 0. The second-order valence-corrected chi connectivity index (χ2v) is 4.50. The summed E-state index contributed by atoms with van der Waals surface area (Å²) < 4.78 is 1.81. The number of aromatic nitrogens is 4. The molecule has 0 atom stereocenters. The quantitative estimate of drug-likeness (QED) is 0.818. The van der Waals surface area contributed by atoms with Gasteiger partial charge >= 0.3 is 0 Å². The minimum atomic E-state index is 0.634. The summed E-state index contributed by atoms with van der Waals surface area (Å²) in [5, 5.41) is 5.26. The Hall–Kier alpha value is -1.23. The lowest BCUT2D eigenvalue weighted by atomic mass is 10.1. The number of nitrogens with zero attached hydrogens (tertiary/aromatic N) is 4. The van der Waals surface area contributed by atoms with Crippen LogP contribution in [0.15, 0.2) is 12.4 Å². The fourth-order valence-corrected chi connectivity index (χ4v) is 2.20. The van der Waals surface area contributed by atoms with E-state index in [4.69, 9.17) is 0 Å². The zero-order valence-corrected chi connectivity index (χ0v) is 11.8. The third-order valence-electron chi connectivity index (χ3n) is 2.83. The maximum Gasteiger partial charge on any atom is 0.250 e. The van der Waals surface area contributed by atoms with Crippen molar-refractivity contribution in [2.24, 2.45) is 0 Å². The summed E-state index contributed by atoms with van der Waals surface area (Å²) in [6, 6.07) is 0. The van der Waals surface area contributed by atoms with Crippen LogP contribution in [-0.4, -0.2) is 19.7 Å². The lowest BCUT2D eigenvalue weighted by Crippen LogP contribution is -2.05. The van der Waals surface area contributed by atoms with Gasteiger partial charge in [0.1, 0.15) is 0 Å². The second kappa shape index (κ2) is 4.96. The van der Waals surface area contributed by atoms with Crippen molar-refractivity contribution < 1.29 is 0 Å². The smallest absolute Gasteiger partial charge is 0.219 e. The number of hydrogen-bond acceptors (Lipinski definition) is 3. The summed E-state index contributed by atoms with van der Waals surface area (Å²) in [4.78, 5) is 8.66. The lowest BCUT2D eigenvalue weighted by Gasteiger charge is -2.03. The fraction of sp³-hybridized carbons (Fsp3) is 0.417. The van der Waals surface area contributed by atoms with Crippen LogP contribution in [0.5, 0.6) is 0 Å². The van der Waals surface area contributed by atoms with E-state index in [2.05, 4.69) is 44.8 Å². The van der Waals surface area contributed by atoms with Gasteiger partial charge in [0.25, 0.3) is 5.95 Å². The van der Waals surface area contributed by atoms with Crippen molar-refractivity contribution in [3.8, 4) is 5.95 Å². The highest BCUT2D eigenvalue weighted by molar-refractivity contribution is 9.08. The van der Waals surface area contributed by atoms with E-state index >= 15 is 0 Å². The zero-order chi connectivity index (χ0) is 12.4. The molecule has 0 aliphatic rings. The zero-order valence-electron chi connectivity index (χ0n) is 10.2. The molecule has 0 saturated heterocycles. The fourth-order valence-electron chi connectivity index (χ4n) is 1.91. The molecule has 0 bridgehead atoms. The topological polar surface area (TPSA) is 43.6 Å². The van der Waals surface area contributed by atoms with Crippen LogP contribution in [0.3, 0.4) is 0 Å². The van der Waals surface area contributed by atoms with Crippen molar-refractivity contribution in [3.63, 3.8) is 0 Å². The highest BCUT2D eigenvalue weighted by Gasteiger charge is 2.12. The van der Waals surface area contributed by atoms with Crippen molar-refractivity contribution in [3.05, 3.63) is 34.9 Å². The van der Waals surface area contributed by atoms with E-state index in [9.17, 15) is 0 Å². The maximum absolute atomic E-state index is 4.49. The normalized spacial score (nSPS) is 10.8. The largest absolute Gasteiger partial charge is 0.250 e. The molecule has 2 aromatic rings. The van der Waals surface area contributed by atoms with Crippen molar-refractivity contribution in [2.75, 3.05) is 0 Å². The Bertz CT molecular complexity index is 516. The first-order valence-electron chi connectivity index (χ1n) is 5.59. The molecule has 0 fully saturated rings. The Morgan fingerprint density at radius 2 is 1.88 bits per heavy atom. The van der Waals surface area contributed by atoms with Gasteiger partial charge in [-0.2, -0.15) is 5.10 Å². The van der Waals surface area contributed by atoms with E-state index in [0.717, 1.165) is 28.7 Å². The van der Waals surface area contributed by atoms with Gasteiger partial charge in [0.2, 0.25) is 0 Å². The van der Waals surface area contributed by atoms with E-state index in [1.54, 1.807) is 0 Å². The molecule has 0 radical (unpaired) electrons. The summed E-state index contributed by atoms with van der Waals surface area (Å²) in [7, 11) is 0. The summed E-state index contributed by atoms with van der Waals surface area (Å²) in [5.41, 5.74) is 4.51. The Morgan fingerprint density at radius 1 is 1.24 bits per heavy atom. The predicted octanol–water partition coefficient (Wildman–Crippen LogP) is 2.74. The van der Waals surface area contributed by atoms with Gasteiger partial charge in [-0.25, -0.2) is 14.6 Å². The predicted molar refractivity (Wildman–Crippen MR) is 70.6 cm³/mol. The number of alkyl halides is 1. The first-order valence-corrected chi connectivity index (χ1v) is 6.71. The lowest BCUT2D eigenvalue weighted by molar-refractivity contribution is 0.770. The van der Waals surface area contributed by atoms with Gasteiger partial charge in [-0.1, -0.05) is 22.9 Å². The molecule has 4 nitrogen and oxygen atoms in total. The van der Waals surface area contributed by atoms with Crippen LogP contribution in [0.2, 0.25) is 0 Å². The average Bonchev–Trinajstić information content (AvgIpc) is 2.64. The van der Waals surface area contributed by atoms with Crippen LogP contribution in [-0.2, 0) is 11.8 Å². The molecule has 0 spiro atoms. The number of rotatable bonds is 3. The molecule has 0 aliphatic heterocycles. The molecule has 2 heterocycles. The first-order chi connectivity index (χ1) is 8.17. The molecular weight excluding hydrogens is 280 g/mol. The molecule has 0 saturated carbocycles. The summed E-state index contributed by atoms with van der Waals surface area (Å²) >= 11 is 3.38. The van der Waals surface area contributed by atoms with Crippen LogP contribution in [0.1, 0.15) is 29.4 Å². The van der Waals surface area contributed by atoms with Crippen molar-refractivity contribution in [2.45, 2.75) is 32.5 Å². The third kappa shape index (κ3) is 2.24. The van der Waals surface area contributed by atoms with Crippen LogP contribution >= 0.6 is 15.9 Å². The molecule has 0 unspecified atom stereocenters. The minimum Gasteiger partial charge on any atom is -0.219 e. The molecule has 0 aliphatic carbocycles. The molecular formula is C12H15BrN4. The molecule has 0 aromatic carbocycles. The Balaban J connectivity index is 2.45. The summed E-state index contributed by atoms with van der Waals surface area (Å²) in [5.74, 6) is 0.634. The Labute approximate surface area is 109 Å². The number of aryl methyl sites for hydroxylation is 1. The Kier molecular flexibility index (Phi) is 3.57. The van der Waals surface area contributed by atoms with Crippen LogP contribution in [0, 0.1) is 13.8 Å². The Morgan fingerprint density at radius 3 is 2.35 bits per heavy atom. The van der Waals surface area contributed by atoms with Gasteiger partial charge in [-0.15, -0.1) is 0 Å². The maximum atomic E-state index is 4.49. The van der Waals surface area contributed by atoms with E-state index in [-0.39, 0.29) is 0 Å². The molecule has 0 amide bonds. The van der Waals surface area contributed by atoms with Gasteiger partial charge in [0.05, 0.1) is 5.69 Å². The first kappa shape index (κ1) is 12.2. The second-order valence-electron chi connectivity index (χ2n) is 3.94. The third-order valence-corrected chi connectivity index (χ3v) is 3.48. The average molecular weight is 295 g/mol. The summed E-state index contributed by atoms with van der Waals surface area (Å²) in [6.45, 7) is 6.21. The SMILES string of the molecule is CCc1c(C)nn(-c2ncc(CBr)cn2)c1C. The molecule has 0 N–H and O–H groups in total. The van der Waals surface area contributed by atoms with Gasteiger partial charge in [0.15, 0.2) is 0 Å². The number of halogens is 1. The standard InChI is InChI=1S/C12H15BrN4/c1-4-11-8(2)16-17(9(11)3)12-14-6-10(5-13)7-15-12/h6-7H,4-5H2,1-3H3. The van der Waals surface area contributed by atoms with Crippen LogP contribution < -0.4 is 0 Å². The monoisotopic (exact) mass is 294 g/mol. The van der Waals surface area contributed by atoms with Crippen molar-refractivity contribution in [1.29, 1.82) is 0 Å². The van der Waals surface area contributed by atoms with Crippen molar-refractivity contribution in [1.82, 2.24) is 19.7 Å². The molecule has 2 rings (SSSR count). The molecule has 17 heavy (non-hydrogen) atoms. The molecule has 90 valence electrons. The summed E-state index contributed by atoms with van der Waals surface area (Å²) in [6.07, 6.45) is 4.62. The van der Waals surface area contributed by atoms with Gasteiger partial charge in [-0.05, 0) is 31.4 Å². The van der Waals surface area contributed by atoms with Crippen molar-refractivity contribution >= 4 is 15.9 Å². The highest BCUT2D eigenvalue weighted by atomic mass is 79.9. The van der Waals surface area contributed by atoms with E-state index in [1.807, 2.05) is 24.0 Å². The van der Waals surface area contributed by atoms with Crippen LogP contribution in [0.25, 0.3) is 5.95 Å². The van der Waals surface area contributed by atoms with Gasteiger partial charge in [0, 0.05) is 23.4 Å². The molecule has 2 aromatic heterocycles. The van der Waals surface area contributed by atoms with E-state index in [1.165, 1.54) is 5.56 Å². The van der Waals surface area contributed by atoms with E-state index in [0.29, 0.717) is 5.95 Å². The molecule has 5 heteroatoms.